The standard InChI is InChI=1S/C14H18BNO2.C14H10N2O2.C6H4BrNO2/c1-13(2)14(3,4)18-15(17-13)11-6-5-7-12-10(11)8-9-16-12;17-16(18)14-7-2-1-4-12(14)10-5-3-6-13-11(10)8-9-15-13;7-5-3-1-2-4-6(5)8(9)10/h5-9,16H,1-4H3;1-9,15H;1-4H. The second kappa shape index (κ2) is 13.3. The lowest BCUT2D eigenvalue weighted by atomic mass is 9.77. The van der Waals surface area contributed by atoms with Gasteiger partial charge in [0.05, 0.1) is 31.1 Å². The summed E-state index contributed by atoms with van der Waals surface area (Å²) < 4.78 is 12.7. The highest BCUT2D eigenvalue weighted by Crippen LogP contribution is 2.37. The summed E-state index contributed by atoms with van der Waals surface area (Å²) >= 11 is 3.06. The van der Waals surface area contributed by atoms with Crippen molar-refractivity contribution < 1.29 is 19.2 Å². The molecular formula is C34H32BBrN4O6. The number of nitrogens with zero attached hydrogens (tertiary/aromatic N) is 2. The fraction of sp³-hybridized carbons (Fsp3) is 0.176. The van der Waals surface area contributed by atoms with Gasteiger partial charge in [-0.1, -0.05) is 48.5 Å². The zero-order valence-corrected chi connectivity index (χ0v) is 27.3. The largest absolute Gasteiger partial charge is 0.495 e. The molecule has 0 radical (unpaired) electrons. The highest BCUT2D eigenvalue weighted by Gasteiger charge is 2.52. The molecule has 0 amide bonds. The smallest absolute Gasteiger partial charge is 0.399 e. The van der Waals surface area contributed by atoms with Crippen LogP contribution in [0.25, 0.3) is 32.9 Å². The molecule has 46 heavy (non-hydrogen) atoms. The first kappa shape index (κ1) is 32.6. The zero-order chi connectivity index (χ0) is 33.1. The van der Waals surface area contributed by atoms with Gasteiger partial charge in [-0.15, -0.1) is 0 Å². The van der Waals surface area contributed by atoms with Gasteiger partial charge < -0.3 is 19.3 Å². The zero-order valence-electron chi connectivity index (χ0n) is 25.7. The number of nitro benzene ring substituents is 2. The minimum Gasteiger partial charge on any atom is -0.399 e. The van der Waals surface area contributed by atoms with E-state index >= 15 is 0 Å². The van der Waals surface area contributed by atoms with Gasteiger partial charge in [0.15, 0.2) is 0 Å². The molecule has 0 aliphatic carbocycles. The number of nitro groups is 2. The average Bonchev–Trinajstić information content (AvgIpc) is 3.75. The van der Waals surface area contributed by atoms with E-state index in [0.717, 1.165) is 32.8 Å². The molecule has 1 saturated heterocycles. The van der Waals surface area contributed by atoms with Crippen molar-refractivity contribution in [2.45, 2.75) is 38.9 Å². The maximum atomic E-state index is 11.1. The SMILES string of the molecule is CC1(C)OB(c2cccc3[nH]ccc23)OC1(C)C.O=[N+]([O-])c1ccccc1-c1cccc2[nH]ccc12.O=[N+]([O-])c1ccccc1Br. The monoisotopic (exact) mass is 682 g/mol. The molecule has 2 aromatic heterocycles. The van der Waals surface area contributed by atoms with Gasteiger partial charge in [0.25, 0.3) is 11.4 Å². The molecule has 10 nitrogen and oxygen atoms in total. The topological polar surface area (TPSA) is 136 Å². The lowest BCUT2D eigenvalue weighted by Gasteiger charge is -2.32. The molecule has 0 bridgehead atoms. The summed E-state index contributed by atoms with van der Waals surface area (Å²) in [4.78, 5) is 26.8. The number of aromatic amines is 2. The van der Waals surface area contributed by atoms with Crippen LogP contribution in [0.5, 0.6) is 0 Å². The van der Waals surface area contributed by atoms with E-state index in [1.165, 1.54) is 12.1 Å². The number of hydrogen-bond acceptors (Lipinski definition) is 6. The van der Waals surface area contributed by atoms with E-state index in [4.69, 9.17) is 9.31 Å². The highest BCUT2D eigenvalue weighted by molar-refractivity contribution is 9.10. The fourth-order valence-electron chi connectivity index (χ4n) is 5.07. The second-order valence-corrected chi connectivity index (χ2v) is 12.5. The van der Waals surface area contributed by atoms with Crippen LogP contribution in [-0.4, -0.2) is 38.1 Å². The first-order chi connectivity index (χ1) is 21.9. The van der Waals surface area contributed by atoms with Crippen LogP contribution in [-0.2, 0) is 9.31 Å². The van der Waals surface area contributed by atoms with Crippen molar-refractivity contribution >= 4 is 61.7 Å². The quantitative estimate of drug-likeness (QED) is 0.109. The third-order valence-corrected chi connectivity index (χ3v) is 8.84. The van der Waals surface area contributed by atoms with E-state index in [1.807, 2.05) is 48.8 Å². The number of para-hydroxylation sites is 2. The van der Waals surface area contributed by atoms with Crippen molar-refractivity contribution in [2.75, 3.05) is 0 Å². The van der Waals surface area contributed by atoms with E-state index in [0.29, 0.717) is 10.0 Å². The van der Waals surface area contributed by atoms with Crippen LogP contribution in [0.4, 0.5) is 11.4 Å². The van der Waals surface area contributed by atoms with Crippen LogP contribution < -0.4 is 5.46 Å². The molecule has 0 atom stereocenters. The van der Waals surface area contributed by atoms with Gasteiger partial charge >= 0.3 is 7.12 Å². The molecule has 0 unspecified atom stereocenters. The summed E-state index contributed by atoms with van der Waals surface area (Å²) in [6, 6.07) is 29.1. The summed E-state index contributed by atoms with van der Waals surface area (Å²) in [5.41, 5.74) is 4.34. The van der Waals surface area contributed by atoms with Crippen LogP contribution in [0.2, 0.25) is 0 Å². The number of halogens is 1. The van der Waals surface area contributed by atoms with Crippen LogP contribution in [0.1, 0.15) is 27.7 Å². The number of nitrogens with one attached hydrogen (secondary N) is 2. The predicted octanol–water partition coefficient (Wildman–Crippen LogP) is 8.57. The van der Waals surface area contributed by atoms with Crippen molar-refractivity contribution in [1.82, 2.24) is 9.97 Å². The molecule has 3 heterocycles. The molecule has 4 aromatic carbocycles. The normalized spacial score (nSPS) is 14.7. The molecule has 7 rings (SSSR count). The number of rotatable bonds is 4. The minimum atomic E-state index is -0.427. The first-order valence-corrected chi connectivity index (χ1v) is 15.3. The molecule has 1 aliphatic rings. The van der Waals surface area contributed by atoms with E-state index in [1.54, 1.807) is 30.3 Å². The highest BCUT2D eigenvalue weighted by atomic mass is 79.9. The molecule has 1 aliphatic heterocycles. The maximum Gasteiger partial charge on any atom is 0.495 e. The number of benzene rings is 4. The molecular weight excluding hydrogens is 651 g/mol. The second-order valence-electron chi connectivity index (χ2n) is 11.6. The van der Waals surface area contributed by atoms with Crippen molar-refractivity contribution in [1.29, 1.82) is 0 Å². The van der Waals surface area contributed by atoms with E-state index in [9.17, 15) is 20.2 Å². The Balaban J connectivity index is 0.000000142. The Bertz CT molecular complexity index is 2010. The van der Waals surface area contributed by atoms with E-state index in [2.05, 4.69) is 71.8 Å². The van der Waals surface area contributed by atoms with Crippen molar-refractivity contribution in [3.63, 3.8) is 0 Å². The Morgan fingerprint density at radius 2 is 1.13 bits per heavy atom. The maximum absolute atomic E-state index is 11.1. The van der Waals surface area contributed by atoms with Gasteiger partial charge in [0.1, 0.15) is 0 Å². The van der Waals surface area contributed by atoms with E-state index < -0.39 is 4.92 Å². The van der Waals surface area contributed by atoms with Crippen LogP contribution in [0.3, 0.4) is 0 Å². The van der Waals surface area contributed by atoms with Gasteiger partial charge in [0, 0.05) is 40.9 Å². The van der Waals surface area contributed by atoms with Crippen LogP contribution >= 0.6 is 15.9 Å². The van der Waals surface area contributed by atoms with E-state index in [-0.39, 0.29) is 34.6 Å². The summed E-state index contributed by atoms with van der Waals surface area (Å²) in [5, 5.41) is 23.4. The molecule has 6 aromatic rings. The first-order valence-electron chi connectivity index (χ1n) is 14.5. The average molecular weight is 683 g/mol. The number of fused-ring (bicyclic) bond motifs is 2. The van der Waals surface area contributed by atoms with Crippen LogP contribution in [0, 0.1) is 20.2 Å². The molecule has 0 saturated carbocycles. The van der Waals surface area contributed by atoms with Gasteiger partial charge in [-0.3, -0.25) is 20.2 Å². The predicted molar refractivity (Wildman–Crippen MR) is 185 cm³/mol. The van der Waals surface area contributed by atoms with Gasteiger partial charge in [0.2, 0.25) is 0 Å². The van der Waals surface area contributed by atoms with Crippen LogP contribution in [0.15, 0.2) is 114 Å². The molecule has 12 heteroatoms. The van der Waals surface area contributed by atoms with Crippen molar-refractivity contribution in [3.05, 3.63) is 134 Å². The Morgan fingerprint density at radius 1 is 0.630 bits per heavy atom. The third-order valence-electron chi connectivity index (χ3n) is 8.17. The van der Waals surface area contributed by atoms with Gasteiger partial charge in [-0.05, 0) is 96.4 Å². The molecule has 0 spiro atoms. The fourth-order valence-corrected chi connectivity index (χ4v) is 5.50. The van der Waals surface area contributed by atoms with Crippen molar-refractivity contribution in [3.8, 4) is 11.1 Å². The molecule has 1 fully saturated rings. The molecule has 2 N–H and O–H groups in total. The lowest BCUT2D eigenvalue weighted by Crippen LogP contribution is -2.41. The van der Waals surface area contributed by atoms with Crippen molar-refractivity contribution in [2.24, 2.45) is 0 Å². The Labute approximate surface area is 274 Å². The Kier molecular flexibility index (Phi) is 9.43. The number of aromatic nitrogens is 2. The third kappa shape index (κ3) is 6.74. The molecule has 234 valence electrons. The Hall–Kier alpha value is -4.78. The van der Waals surface area contributed by atoms with Gasteiger partial charge in [-0.2, -0.15) is 0 Å². The summed E-state index contributed by atoms with van der Waals surface area (Å²) in [6.45, 7) is 8.29. The Morgan fingerprint density at radius 3 is 1.72 bits per heavy atom. The summed E-state index contributed by atoms with van der Waals surface area (Å²) in [7, 11) is -0.297. The lowest BCUT2D eigenvalue weighted by molar-refractivity contribution is -0.385. The minimum absolute atomic E-state index is 0.0995. The van der Waals surface area contributed by atoms with Gasteiger partial charge in [-0.25, -0.2) is 0 Å². The number of hydrogen-bond donors (Lipinski definition) is 2. The summed E-state index contributed by atoms with van der Waals surface area (Å²) in [6.07, 6.45) is 3.78. The number of H-pyrrole nitrogens is 2. The summed E-state index contributed by atoms with van der Waals surface area (Å²) in [5.74, 6) is 0.